The SMILES string of the molecule is Cc1cc2c3c(c1)c1ccccc1n3-c1ccc(OS(=O)(=O)C(F)(F)F)cc1O2. The van der Waals surface area contributed by atoms with Gasteiger partial charge in [-0.25, -0.2) is 0 Å². The van der Waals surface area contributed by atoms with E-state index in [0.717, 1.165) is 33.4 Å². The van der Waals surface area contributed by atoms with Gasteiger partial charge >= 0.3 is 15.6 Å². The average Bonchev–Trinajstić information content (AvgIpc) is 2.96. The maximum absolute atomic E-state index is 12.6. The van der Waals surface area contributed by atoms with Crippen molar-refractivity contribution in [2.75, 3.05) is 0 Å². The van der Waals surface area contributed by atoms with Crippen LogP contribution < -0.4 is 8.92 Å². The Morgan fingerprint density at radius 2 is 1.72 bits per heavy atom. The van der Waals surface area contributed by atoms with Gasteiger partial charge in [-0.15, -0.1) is 0 Å². The molecule has 5 rings (SSSR count). The van der Waals surface area contributed by atoms with Gasteiger partial charge in [0, 0.05) is 16.8 Å². The molecule has 0 spiro atoms. The molecule has 29 heavy (non-hydrogen) atoms. The molecule has 0 atom stereocenters. The number of hydrogen-bond donors (Lipinski definition) is 0. The van der Waals surface area contributed by atoms with Crippen molar-refractivity contribution in [2.45, 2.75) is 12.4 Å². The lowest BCUT2D eigenvalue weighted by Crippen LogP contribution is -2.28. The molecule has 2 heterocycles. The molecule has 5 nitrogen and oxygen atoms in total. The zero-order valence-electron chi connectivity index (χ0n) is 14.8. The van der Waals surface area contributed by atoms with Gasteiger partial charge in [0.25, 0.3) is 0 Å². The van der Waals surface area contributed by atoms with Crippen LogP contribution in [0.5, 0.6) is 17.2 Å². The minimum Gasteiger partial charge on any atom is -0.453 e. The van der Waals surface area contributed by atoms with Gasteiger partial charge in [0.15, 0.2) is 11.5 Å². The van der Waals surface area contributed by atoms with Crippen molar-refractivity contribution in [2.24, 2.45) is 0 Å². The number of nitrogens with zero attached hydrogens (tertiary/aromatic N) is 1. The Labute approximate surface area is 163 Å². The Bertz CT molecular complexity index is 1420. The number of aromatic nitrogens is 1. The first-order valence-electron chi connectivity index (χ1n) is 8.52. The number of benzene rings is 3. The summed E-state index contributed by atoms with van der Waals surface area (Å²) in [6.07, 6.45) is 0. The number of aryl methyl sites for hydroxylation is 1. The van der Waals surface area contributed by atoms with Crippen molar-refractivity contribution in [3.05, 3.63) is 60.2 Å². The molecule has 1 aliphatic heterocycles. The van der Waals surface area contributed by atoms with Crippen LogP contribution in [0.1, 0.15) is 5.56 Å². The van der Waals surface area contributed by atoms with Gasteiger partial charge in [-0.1, -0.05) is 18.2 Å². The van der Waals surface area contributed by atoms with E-state index in [4.69, 9.17) is 4.74 Å². The smallest absolute Gasteiger partial charge is 0.453 e. The molecule has 0 unspecified atom stereocenters. The van der Waals surface area contributed by atoms with E-state index in [1.165, 1.54) is 12.1 Å². The van der Waals surface area contributed by atoms with Gasteiger partial charge in [0.1, 0.15) is 5.75 Å². The molecule has 9 heteroatoms. The first-order valence-corrected chi connectivity index (χ1v) is 9.93. The maximum Gasteiger partial charge on any atom is 0.534 e. The maximum atomic E-state index is 12.6. The number of halogens is 3. The summed E-state index contributed by atoms with van der Waals surface area (Å²) < 4.78 is 72.7. The van der Waals surface area contributed by atoms with Gasteiger partial charge in [-0.2, -0.15) is 21.6 Å². The number of hydrogen-bond acceptors (Lipinski definition) is 4. The third-order valence-electron chi connectivity index (χ3n) is 4.76. The monoisotopic (exact) mass is 419 g/mol. The Kier molecular flexibility index (Phi) is 3.49. The first kappa shape index (κ1) is 17.9. The summed E-state index contributed by atoms with van der Waals surface area (Å²) in [5.41, 5.74) is -2.26. The van der Waals surface area contributed by atoms with E-state index in [-0.39, 0.29) is 5.75 Å². The Hall–Kier alpha value is -3.20. The lowest BCUT2D eigenvalue weighted by molar-refractivity contribution is -0.0500. The molecule has 0 bridgehead atoms. The Balaban J connectivity index is 1.74. The van der Waals surface area contributed by atoms with Gasteiger partial charge in [-0.05, 0) is 42.8 Å². The summed E-state index contributed by atoms with van der Waals surface area (Å²) in [7, 11) is -5.77. The van der Waals surface area contributed by atoms with Crippen molar-refractivity contribution in [1.82, 2.24) is 4.57 Å². The van der Waals surface area contributed by atoms with Gasteiger partial charge in [-0.3, -0.25) is 0 Å². The number of alkyl halides is 3. The van der Waals surface area contributed by atoms with Gasteiger partial charge < -0.3 is 13.5 Å². The largest absolute Gasteiger partial charge is 0.534 e. The summed E-state index contributed by atoms with van der Waals surface area (Å²) in [5, 5.41) is 1.99. The number of ether oxygens (including phenoxy) is 1. The summed E-state index contributed by atoms with van der Waals surface area (Å²) in [6, 6.07) is 15.4. The van der Waals surface area contributed by atoms with Crippen LogP contribution in [-0.4, -0.2) is 18.5 Å². The quantitative estimate of drug-likeness (QED) is 0.283. The van der Waals surface area contributed by atoms with E-state index in [1.807, 2.05) is 47.9 Å². The molecule has 1 aliphatic rings. The molecule has 0 fully saturated rings. The molecule has 0 N–H and O–H groups in total. The second kappa shape index (κ2) is 5.66. The predicted molar refractivity (Wildman–Crippen MR) is 101 cm³/mol. The molecule has 0 saturated carbocycles. The normalized spacial score (nSPS) is 13.4. The minimum atomic E-state index is -5.77. The number of para-hydroxylation sites is 1. The third kappa shape index (κ3) is 2.57. The lowest BCUT2D eigenvalue weighted by atomic mass is 10.1. The van der Waals surface area contributed by atoms with Crippen LogP contribution in [0.4, 0.5) is 13.2 Å². The van der Waals surface area contributed by atoms with Crippen molar-refractivity contribution >= 4 is 31.9 Å². The Morgan fingerprint density at radius 1 is 0.966 bits per heavy atom. The summed E-state index contributed by atoms with van der Waals surface area (Å²) >= 11 is 0. The zero-order chi connectivity index (χ0) is 20.6. The van der Waals surface area contributed by atoms with Gasteiger partial charge in [0.05, 0.1) is 16.7 Å². The van der Waals surface area contributed by atoms with Crippen LogP contribution in [0.2, 0.25) is 0 Å². The number of rotatable bonds is 2. The van der Waals surface area contributed by atoms with Crippen LogP contribution in [0.3, 0.4) is 0 Å². The molecule has 3 aromatic carbocycles. The van der Waals surface area contributed by atoms with E-state index in [9.17, 15) is 21.6 Å². The standard InChI is InChI=1S/C20H12F3NO4S/c1-11-8-14-13-4-2-3-5-15(13)24-16-7-6-12(28-29(25,26)20(21,22)23)10-17(16)27-18(9-11)19(14)24/h2-10H,1H3. The highest BCUT2D eigenvalue weighted by Crippen LogP contribution is 2.46. The fourth-order valence-electron chi connectivity index (χ4n) is 3.63. The molecule has 0 amide bonds. The number of fused-ring (bicyclic) bond motifs is 5. The van der Waals surface area contributed by atoms with Crippen LogP contribution in [0.25, 0.3) is 27.5 Å². The highest BCUT2D eigenvalue weighted by molar-refractivity contribution is 7.88. The van der Waals surface area contributed by atoms with E-state index < -0.39 is 21.4 Å². The van der Waals surface area contributed by atoms with Crippen LogP contribution in [0.15, 0.2) is 54.6 Å². The molecular weight excluding hydrogens is 407 g/mol. The molecule has 0 saturated heterocycles. The topological polar surface area (TPSA) is 57.5 Å². The molecule has 1 aromatic heterocycles. The van der Waals surface area contributed by atoms with Crippen molar-refractivity contribution in [3.8, 4) is 22.9 Å². The molecule has 0 radical (unpaired) electrons. The van der Waals surface area contributed by atoms with E-state index in [0.29, 0.717) is 11.4 Å². The van der Waals surface area contributed by atoms with E-state index in [1.54, 1.807) is 0 Å². The minimum absolute atomic E-state index is 0.195. The zero-order valence-corrected chi connectivity index (χ0v) is 15.6. The highest BCUT2D eigenvalue weighted by atomic mass is 32.2. The second-order valence-corrected chi connectivity index (χ2v) is 8.26. The summed E-state index contributed by atoms with van der Waals surface area (Å²) in [5.74, 6) is 0.241. The van der Waals surface area contributed by atoms with E-state index >= 15 is 0 Å². The summed E-state index contributed by atoms with van der Waals surface area (Å²) in [4.78, 5) is 0. The fourth-order valence-corrected chi connectivity index (χ4v) is 4.08. The second-order valence-electron chi connectivity index (χ2n) is 6.73. The average molecular weight is 419 g/mol. The first-order chi connectivity index (χ1) is 13.7. The molecule has 4 aromatic rings. The van der Waals surface area contributed by atoms with Crippen molar-refractivity contribution < 1.29 is 30.5 Å². The Morgan fingerprint density at radius 3 is 2.48 bits per heavy atom. The van der Waals surface area contributed by atoms with Gasteiger partial charge in [0.2, 0.25) is 0 Å². The van der Waals surface area contributed by atoms with Crippen LogP contribution >= 0.6 is 0 Å². The third-order valence-corrected chi connectivity index (χ3v) is 5.74. The molecule has 148 valence electrons. The summed E-state index contributed by atoms with van der Waals surface area (Å²) in [6.45, 7) is 1.91. The van der Waals surface area contributed by atoms with Crippen LogP contribution in [0, 0.1) is 6.92 Å². The van der Waals surface area contributed by atoms with Crippen molar-refractivity contribution in [1.29, 1.82) is 0 Å². The predicted octanol–water partition coefficient (Wildman–Crippen LogP) is 5.43. The highest BCUT2D eigenvalue weighted by Gasteiger charge is 2.48. The van der Waals surface area contributed by atoms with E-state index in [2.05, 4.69) is 4.18 Å². The molecular formula is C20H12F3NO4S. The van der Waals surface area contributed by atoms with Crippen LogP contribution in [-0.2, 0) is 10.1 Å². The molecule has 0 aliphatic carbocycles. The van der Waals surface area contributed by atoms with Crippen molar-refractivity contribution in [3.63, 3.8) is 0 Å². The fraction of sp³-hybridized carbons (Fsp3) is 0.100. The lowest BCUT2D eigenvalue weighted by Gasteiger charge is -2.22.